The molecule has 1 unspecified atom stereocenters. The Hall–Kier alpha value is -1.74. The molecule has 0 aliphatic heterocycles. The number of aromatic nitrogens is 2. The Kier molecular flexibility index (Phi) is 5.24. The van der Waals surface area contributed by atoms with Gasteiger partial charge in [-0.25, -0.2) is 9.97 Å². The predicted molar refractivity (Wildman–Crippen MR) is 83.6 cm³/mol. The quantitative estimate of drug-likeness (QED) is 0.870. The van der Waals surface area contributed by atoms with Gasteiger partial charge >= 0.3 is 0 Å². The first-order chi connectivity index (χ1) is 9.66. The Labute approximate surface area is 121 Å². The fraction of sp³-hybridized carbons (Fsp3) is 0.412. The third-order valence-corrected chi connectivity index (χ3v) is 3.43. The summed E-state index contributed by atoms with van der Waals surface area (Å²) in [4.78, 5) is 8.54. The molecule has 1 aromatic heterocycles. The van der Waals surface area contributed by atoms with Gasteiger partial charge < -0.3 is 5.32 Å². The molecule has 0 fully saturated rings. The van der Waals surface area contributed by atoms with Crippen molar-refractivity contribution in [2.24, 2.45) is 0 Å². The van der Waals surface area contributed by atoms with Crippen molar-refractivity contribution in [2.75, 3.05) is 6.54 Å². The minimum absolute atomic E-state index is 0.555. The van der Waals surface area contributed by atoms with Crippen LogP contribution in [-0.2, 0) is 0 Å². The van der Waals surface area contributed by atoms with Gasteiger partial charge in [0.15, 0.2) is 5.82 Å². The largest absolute Gasteiger partial charge is 0.315 e. The van der Waals surface area contributed by atoms with Gasteiger partial charge in [-0.05, 0) is 30.5 Å². The molecule has 1 heterocycles. The van der Waals surface area contributed by atoms with Crippen LogP contribution in [0.25, 0.3) is 11.4 Å². The maximum atomic E-state index is 4.27. The fourth-order valence-electron chi connectivity index (χ4n) is 2.16. The smallest absolute Gasteiger partial charge is 0.159 e. The van der Waals surface area contributed by atoms with Crippen LogP contribution in [0.2, 0.25) is 0 Å². The lowest BCUT2D eigenvalue weighted by molar-refractivity contribution is 0.541. The second-order valence-corrected chi connectivity index (χ2v) is 5.49. The van der Waals surface area contributed by atoms with Crippen molar-refractivity contribution in [1.29, 1.82) is 0 Å². The van der Waals surface area contributed by atoms with Gasteiger partial charge in [-0.1, -0.05) is 45.0 Å². The van der Waals surface area contributed by atoms with Crippen LogP contribution in [0.1, 0.15) is 38.7 Å². The maximum Gasteiger partial charge on any atom is 0.159 e. The average Bonchev–Trinajstić information content (AvgIpc) is 2.48. The number of hydrogen-bond donors (Lipinski definition) is 1. The Morgan fingerprint density at radius 2 is 1.65 bits per heavy atom. The molecule has 2 rings (SSSR count). The maximum absolute atomic E-state index is 4.27. The van der Waals surface area contributed by atoms with Crippen molar-refractivity contribution >= 4 is 0 Å². The Balaban J connectivity index is 1.97. The standard InChI is InChI=1S/C17H23N3/c1-13(2)18-12-9-14(3)15-5-7-16(8-6-15)17-19-10-4-11-20-17/h4-8,10-11,13-14,18H,9,12H2,1-3H3. The minimum atomic E-state index is 0.555. The molecule has 3 heteroatoms. The fourth-order valence-corrected chi connectivity index (χ4v) is 2.16. The summed E-state index contributed by atoms with van der Waals surface area (Å²) in [7, 11) is 0. The topological polar surface area (TPSA) is 37.8 Å². The molecular weight excluding hydrogens is 246 g/mol. The second kappa shape index (κ2) is 7.15. The van der Waals surface area contributed by atoms with Gasteiger partial charge in [-0.2, -0.15) is 0 Å². The van der Waals surface area contributed by atoms with E-state index in [0.29, 0.717) is 12.0 Å². The minimum Gasteiger partial charge on any atom is -0.315 e. The van der Waals surface area contributed by atoms with Crippen LogP contribution in [0.15, 0.2) is 42.7 Å². The normalized spacial score (nSPS) is 12.6. The molecule has 0 spiro atoms. The van der Waals surface area contributed by atoms with Crippen LogP contribution in [0.4, 0.5) is 0 Å². The molecule has 0 aliphatic carbocycles. The van der Waals surface area contributed by atoms with Crippen LogP contribution in [0.5, 0.6) is 0 Å². The first kappa shape index (κ1) is 14.7. The highest BCUT2D eigenvalue weighted by molar-refractivity contribution is 5.55. The number of rotatable bonds is 6. The molecule has 106 valence electrons. The van der Waals surface area contributed by atoms with E-state index in [4.69, 9.17) is 0 Å². The van der Waals surface area contributed by atoms with Crippen molar-refractivity contribution in [3.05, 3.63) is 48.3 Å². The highest BCUT2D eigenvalue weighted by atomic mass is 14.9. The van der Waals surface area contributed by atoms with Gasteiger partial charge in [-0.15, -0.1) is 0 Å². The lowest BCUT2D eigenvalue weighted by atomic mass is 9.96. The summed E-state index contributed by atoms with van der Waals surface area (Å²) in [6.45, 7) is 7.69. The Bertz CT molecular complexity index is 506. The monoisotopic (exact) mass is 269 g/mol. The van der Waals surface area contributed by atoms with Gasteiger partial charge in [0.25, 0.3) is 0 Å². The number of nitrogens with one attached hydrogen (secondary N) is 1. The van der Waals surface area contributed by atoms with Gasteiger partial charge in [0.05, 0.1) is 0 Å². The van der Waals surface area contributed by atoms with E-state index < -0.39 is 0 Å². The first-order valence-corrected chi connectivity index (χ1v) is 7.27. The molecule has 0 saturated carbocycles. The van der Waals surface area contributed by atoms with Gasteiger partial charge in [0.1, 0.15) is 0 Å². The summed E-state index contributed by atoms with van der Waals surface area (Å²) in [6, 6.07) is 11.0. The van der Waals surface area contributed by atoms with Crippen molar-refractivity contribution in [3.8, 4) is 11.4 Å². The average molecular weight is 269 g/mol. The summed E-state index contributed by atoms with van der Waals surface area (Å²) in [5.41, 5.74) is 2.44. The second-order valence-electron chi connectivity index (χ2n) is 5.49. The van der Waals surface area contributed by atoms with Crippen LogP contribution in [0.3, 0.4) is 0 Å². The first-order valence-electron chi connectivity index (χ1n) is 7.27. The molecule has 0 radical (unpaired) electrons. The van der Waals surface area contributed by atoms with Crippen molar-refractivity contribution < 1.29 is 0 Å². The van der Waals surface area contributed by atoms with E-state index in [-0.39, 0.29) is 0 Å². The predicted octanol–water partition coefficient (Wildman–Crippen LogP) is 3.64. The molecule has 0 bridgehead atoms. The summed E-state index contributed by atoms with van der Waals surface area (Å²) in [5, 5.41) is 3.46. The van der Waals surface area contributed by atoms with Gasteiger partial charge in [0.2, 0.25) is 0 Å². The molecule has 20 heavy (non-hydrogen) atoms. The molecule has 1 N–H and O–H groups in total. The van der Waals surface area contributed by atoms with Crippen molar-refractivity contribution in [1.82, 2.24) is 15.3 Å². The zero-order chi connectivity index (χ0) is 14.4. The zero-order valence-electron chi connectivity index (χ0n) is 12.5. The lowest BCUT2D eigenvalue weighted by Crippen LogP contribution is -2.24. The van der Waals surface area contributed by atoms with E-state index >= 15 is 0 Å². The molecule has 3 nitrogen and oxygen atoms in total. The lowest BCUT2D eigenvalue weighted by Gasteiger charge is -2.14. The molecule has 1 atom stereocenters. The molecule has 2 aromatic rings. The van der Waals surface area contributed by atoms with Crippen LogP contribution < -0.4 is 5.32 Å². The van der Waals surface area contributed by atoms with E-state index in [1.807, 2.05) is 6.07 Å². The molecular formula is C17H23N3. The summed E-state index contributed by atoms with van der Waals surface area (Å²) >= 11 is 0. The van der Waals surface area contributed by atoms with Crippen molar-refractivity contribution in [3.63, 3.8) is 0 Å². The van der Waals surface area contributed by atoms with Crippen LogP contribution in [0, 0.1) is 0 Å². The highest BCUT2D eigenvalue weighted by Gasteiger charge is 2.07. The molecule has 1 aromatic carbocycles. The summed E-state index contributed by atoms with van der Waals surface area (Å²) in [6.07, 6.45) is 4.70. The van der Waals surface area contributed by atoms with E-state index in [1.165, 1.54) is 5.56 Å². The third kappa shape index (κ3) is 4.14. The van der Waals surface area contributed by atoms with E-state index in [2.05, 4.69) is 60.3 Å². The third-order valence-electron chi connectivity index (χ3n) is 3.43. The summed E-state index contributed by atoms with van der Waals surface area (Å²) < 4.78 is 0. The van der Waals surface area contributed by atoms with E-state index in [0.717, 1.165) is 24.4 Å². The van der Waals surface area contributed by atoms with Gasteiger partial charge in [-0.3, -0.25) is 0 Å². The van der Waals surface area contributed by atoms with Crippen LogP contribution in [-0.4, -0.2) is 22.6 Å². The Morgan fingerprint density at radius 1 is 1.00 bits per heavy atom. The zero-order valence-corrected chi connectivity index (χ0v) is 12.5. The molecule has 0 saturated heterocycles. The number of hydrogen-bond acceptors (Lipinski definition) is 3. The van der Waals surface area contributed by atoms with Crippen molar-refractivity contribution in [2.45, 2.75) is 39.2 Å². The van der Waals surface area contributed by atoms with E-state index in [1.54, 1.807) is 12.4 Å². The molecule has 0 amide bonds. The van der Waals surface area contributed by atoms with Gasteiger partial charge in [0, 0.05) is 24.0 Å². The number of nitrogens with zero attached hydrogens (tertiary/aromatic N) is 2. The highest BCUT2D eigenvalue weighted by Crippen LogP contribution is 2.22. The van der Waals surface area contributed by atoms with E-state index in [9.17, 15) is 0 Å². The Morgan fingerprint density at radius 3 is 2.25 bits per heavy atom. The summed E-state index contributed by atoms with van der Waals surface area (Å²) in [5.74, 6) is 1.35. The number of benzene rings is 1. The SMILES string of the molecule is CC(C)NCCC(C)c1ccc(-c2ncccn2)cc1. The molecule has 0 aliphatic rings. The van der Waals surface area contributed by atoms with Crippen LogP contribution >= 0.6 is 0 Å².